The van der Waals surface area contributed by atoms with Gasteiger partial charge in [0.2, 0.25) is 10.0 Å². The number of methoxy groups -OCH3 is 1. The molecule has 3 rings (SSSR count). The van der Waals surface area contributed by atoms with Crippen LogP contribution in [0.2, 0.25) is 0 Å². The number of anilines is 1. The van der Waals surface area contributed by atoms with Crippen molar-refractivity contribution in [2.24, 2.45) is 0 Å². The van der Waals surface area contributed by atoms with Crippen LogP contribution in [0.25, 0.3) is 0 Å². The van der Waals surface area contributed by atoms with E-state index < -0.39 is 16.0 Å². The van der Waals surface area contributed by atoms with E-state index in [1.54, 1.807) is 24.3 Å². The van der Waals surface area contributed by atoms with Crippen LogP contribution in [0.4, 0.5) is 5.82 Å². The minimum Gasteiger partial charge on any atom is -0.495 e. The van der Waals surface area contributed by atoms with E-state index in [-0.39, 0.29) is 16.5 Å². The number of pyridine rings is 1. The molecule has 0 aliphatic carbocycles. The predicted molar refractivity (Wildman–Crippen MR) is 99.7 cm³/mol. The fraction of sp³-hybridized carbons (Fsp3) is 0.333. The van der Waals surface area contributed by atoms with Crippen molar-refractivity contribution < 1.29 is 23.1 Å². The molecule has 2 N–H and O–H groups in total. The molecule has 1 fully saturated rings. The van der Waals surface area contributed by atoms with Gasteiger partial charge in [-0.15, -0.1) is 0 Å². The molecule has 0 bridgehead atoms. The Morgan fingerprint density at radius 3 is 2.52 bits per heavy atom. The molecule has 1 aromatic carbocycles. The van der Waals surface area contributed by atoms with Crippen LogP contribution in [0.1, 0.15) is 23.2 Å². The van der Waals surface area contributed by atoms with E-state index in [0.717, 1.165) is 0 Å². The van der Waals surface area contributed by atoms with Crippen LogP contribution in [-0.4, -0.2) is 50.7 Å². The van der Waals surface area contributed by atoms with Crippen molar-refractivity contribution in [3.8, 4) is 5.75 Å². The number of carboxylic acids is 1. The molecule has 2 heterocycles. The number of aromatic nitrogens is 1. The van der Waals surface area contributed by atoms with Gasteiger partial charge >= 0.3 is 5.97 Å². The maximum atomic E-state index is 12.7. The molecule has 1 aliphatic heterocycles. The molecular formula is C18H21N3O5S. The molecule has 1 aliphatic rings. The van der Waals surface area contributed by atoms with Crippen LogP contribution in [0.3, 0.4) is 0 Å². The molecule has 0 atom stereocenters. The van der Waals surface area contributed by atoms with E-state index in [1.165, 1.54) is 25.4 Å². The topological polar surface area (TPSA) is 109 Å². The highest BCUT2D eigenvalue weighted by Gasteiger charge is 2.27. The molecule has 2 aromatic rings. The first-order valence-electron chi connectivity index (χ1n) is 8.50. The second kappa shape index (κ2) is 7.93. The zero-order chi connectivity index (χ0) is 19.4. The van der Waals surface area contributed by atoms with Crippen LogP contribution in [0.5, 0.6) is 5.75 Å². The minimum absolute atomic E-state index is 0.126. The van der Waals surface area contributed by atoms with Gasteiger partial charge in [-0.1, -0.05) is 12.1 Å². The standard InChI is InChI=1S/C18H21N3O5S/c1-26-15-4-2-3-5-16(15)27(24,25)20-14-8-10-21(11-9-14)17-7-6-13(12-19-17)18(22)23/h2-7,12,14,20H,8-11H2,1H3,(H,22,23). The normalized spacial score (nSPS) is 15.5. The molecule has 144 valence electrons. The maximum absolute atomic E-state index is 12.7. The monoisotopic (exact) mass is 391 g/mol. The van der Waals surface area contributed by atoms with E-state index in [1.807, 2.05) is 4.90 Å². The second-order valence-corrected chi connectivity index (χ2v) is 7.93. The molecule has 1 saturated heterocycles. The number of nitrogens with one attached hydrogen (secondary N) is 1. The summed E-state index contributed by atoms with van der Waals surface area (Å²) in [6, 6.07) is 9.51. The first-order valence-corrected chi connectivity index (χ1v) is 9.98. The summed E-state index contributed by atoms with van der Waals surface area (Å²) in [5, 5.41) is 8.93. The van der Waals surface area contributed by atoms with Crippen molar-refractivity contribution >= 4 is 21.8 Å². The third kappa shape index (κ3) is 4.37. The highest BCUT2D eigenvalue weighted by molar-refractivity contribution is 7.89. The minimum atomic E-state index is -3.67. The highest BCUT2D eigenvalue weighted by Crippen LogP contribution is 2.24. The molecule has 9 heteroatoms. The van der Waals surface area contributed by atoms with Gasteiger partial charge in [-0.25, -0.2) is 22.9 Å². The number of rotatable bonds is 6. The lowest BCUT2D eigenvalue weighted by molar-refractivity contribution is 0.0696. The van der Waals surface area contributed by atoms with E-state index in [0.29, 0.717) is 37.5 Å². The zero-order valence-corrected chi connectivity index (χ0v) is 15.6. The number of nitrogens with zero attached hydrogens (tertiary/aromatic N) is 2. The molecule has 27 heavy (non-hydrogen) atoms. The van der Waals surface area contributed by atoms with Gasteiger partial charge in [0.05, 0.1) is 12.7 Å². The lowest BCUT2D eigenvalue weighted by Crippen LogP contribution is -2.44. The predicted octanol–water partition coefficient (Wildman–Crippen LogP) is 1.74. The molecule has 0 unspecified atom stereocenters. The molecule has 0 radical (unpaired) electrons. The Kier molecular flexibility index (Phi) is 5.62. The fourth-order valence-corrected chi connectivity index (χ4v) is 4.53. The number of hydrogen-bond acceptors (Lipinski definition) is 6. The van der Waals surface area contributed by atoms with Gasteiger partial charge in [0.25, 0.3) is 0 Å². The summed E-state index contributed by atoms with van der Waals surface area (Å²) in [5.41, 5.74) is 0.137. The first kappa shape index (κ1) is 19.1. The van der Waals surface area contributed by atoms with E-state index >= 15 is 0 Å². The third-order valence-electron chi connectivity index (χ3n) is 4.49. The van der Waals surface area contributed by atoms with Crippen LogP contribution in [0.15, 0.2) is 47.5 Å². The Morgan fingerprint density at radius 2 is 1.93 bits per heavy atom. The summed E-state index contributed by atoms with van der Waals surface area (Å²) < 4.78 is 33.2. The first-order chi connectivity index (χ1) is 12.9. The number of piperidine rings is 1. The van der Waals surface area contributed by atoms with Crippen LogP contribution >= 0.6 is 0 Å². The maximum Gasteiger partial charge on any atom is 0.337 e. The van der Waals surface area contributed by atoms with E-state index in [4.69, 9.17) is 9.84 Å². The Morgan fingerprint density at radius 1 is 1.22 bits per heavy atom. The van der Waals surface area contributed by atoms with Crippen LogP contribution in [-0.2, 0) is 10.0 Å². The fourth-order valence-electron chi connectivity index (χ4n) is 3.05. The van der Waals surface area contributed by atoms with Crippen molar-refractivity contribution in [1.82, 2.24) is 9.71 Å². The van der Waals surface area contributed by atoms with Crippen molar-refractivity contribution in [3.05, 3.63) is 48.2 Å². The van der Waals surface area contributed by atoms with Crippen LogP contribution in [0, 0.1) is 0 Å². The molecule has 0 amide bonds. The smallest absolute Gasteiger partial charge is 0.337 e. The van der Waals surface area contributed by atoms with Gasteiger partial charge < -0.3 is 14.7 Å². The summed E-state index contributed by atoms with van der Waals surface area (Å²) in [6.07, 6.45) is 2.57. The SMILES string of the molecule is COc1ccccc1S(=O)(=O)NC1CCN(c2ccc(C(=O)O)cn2)CC1. The van der Waals surface area contributed by atoms with Gasteiger partial charge in [-0.05, 0) is 37.1 Å². The number of carbonyl (C=O) groups is 1. The Labute approximate surface area is 157 Å². The molecular weight excluding hydrogens is 370 g/mol. The van der Waals surface area contributed by atoms with E-state index in [9.17, 15) is 13.2 Å². The molecule has 0 spiro atoms. The quantitative estimate of drug-likeness (QED) is 0.772. The van der Waals surface area contributed by atoms with Gasteiger partial charge in [0, 0.05) is 25.3 Å². The Hall–Kier alpha value is -2.65. The summed E-state index contributed by atoms with van der Waals surface area (Å²) in [5.74, 6) is -0.0188. The number of hydrogen-bond donors (Lipinski definition) is 2. The lowest BCUT2D eigenvalue weighted by atomic mass is 10.1. The van der Waals surface area contributed by atoms with Crippen molar-refractivity contribution in [1.29, 1.82) is 0 Å². The number of ether oxygens (including phenoxy) is 1. The van der Waals surface area contributed by atoms with Crippen LogP contribution < -0.4 is 14.4 Å². The number of benzene rings is 1. The van der Waals surface area contributed by atoms with Gasteiger partial charge in [-0.3, -0.25) is 0 Å². The molecule has 1 aromatic heterocycles. The van der Waals surface area contributed by atoms with Gasteiger partial charge in [0.15, 0.2) is 0 Å². The summed E-state index contributed by atoms with van der Waals surface area (Å²) in [6.45, 7) is 1.25. The number of carboxylic acid groups (broad SMARTS) is 1. The summed E-state index contributed by atoms with van der Waals surface area (Å²) >= 11 is 0. The Balaban J connectivity index is 1.63. The van der Waals surface area contributed by atoms with Gasteiger partial charge in [0.1, 0.15) is 16.5 Å². The summed E-state index contributed by atoms with van der Waals surface area (Å²) in [7, 11) is -2.23. The van der Waals surface area contributed by atoms with Crippen molar-refractivity contribution in [2.75, 3.05) is 25.1 Å². The molecule has 8 nitrogen and oxygen atoms in total. The summed E-state index contributed by atoms with van der Waals surface area (Å²) in [4.78, 5) is 17.2. The lowest BCUT2D eigenvalue weighted by Gasteiger charge is -2.33. The average Bonchev–Trinajstić information content (AvgIpc) is 2.68. The highest BCUT2D eigenvalue weighted by atomic mass is 32.2. The van der Waals surface area contributed by atoms with E-state index in [2.05, 4.69) is 9.71 Å². The Bertz CT molecular complexity index is 907. The van der Waals surface area contributed by atoms with Crippen molar-refractivity contribution in [2.45, 2.75) is 23.8 Å². The van der Waals surface area contributed by atoms with Gasteiger partial charge in [-0.2, -0.15) is 0 Å². The zero-order valence-electron chi connectivity index (χ0n) is 14.8. The molecule has 0 saturated carbocycles. The number of aromatic carboxylic acids is 1. The average molecular weight is 391 g/mol. The largest absolute Gasteiger partial charge is 0.495 e. The number of sulfonamides is 1. The third-order valence-corrected chi connectivity index (χ3v) is 6.05. The number of para-hydroxylation sites is 1. The second-order valence-electron chi connectivity index (χ2n) is 6.24. The van der Waals surface area contributed by atoms with Crippen molar-refractivity contribution in [3.63, 3.8) is 0 Å².